The fourth-order valence-electron chi connectivity index (χ4n) is 1.76. The standard InChI is InChI=1S/C14H24N2O4/c1-5-6-16(13(18)20-14(2,3)4)11-12(17)15-7-9-19-10-8-15/h5H,1,6-11H2,2-4H3. The van der Waals surface area contributed by atoms with Crippen molar-refractivity contribution in [1.29, 1.82) is 0 Å². The lowest BCUT2D eigenvalue weighted by Gasteiger charge is -2.30. The molecule has 20 heavy (non-hydrogen) atoms. The number of ether oxygens (including phenoxy) is 2. The highest BCUT2D eigenvalue weighted by atomic mass is 16.6. The molecule has 1 rings (SSSR count). The highest BCUT2D eigenvalue weighted by molar-refractivity contribution is 5.82. The Hall–Kier alpha value is -1.56. The first-order valence-corrected chi connectivity index (χ1v) is 6.78. The number of carbonyl (C=O) groups is 2. The Morgan fingerprint density at radius 1 is 1.35 bits per heavy atom. The predicted molar refractivity (Wildman–Crippen MR) is 75.4 cm³/mol. The number of carbonyl (C=O) groups excluding carboxylic acids is 2. The van der Waals surface area contributed by atoms with E-state index < -0.39 is 11.7 Å². The average molecular weight is 284 g/mol. The van der Waals surface area contributed by atoms with Gasteiger partial charge < -0.3 is 14.4 Å². The van der Waals surface area contributed by atoms with E-state index in [0.717, 1.165) is 0 Å². The van der Waals surface area contributed by atoms with E-state index in [9.17, 15) is 9.59 Å². The second-order valence-electron chi connectivity index (χ2n) is 5.64. The van der Waals surface area contributed by atoms with Crippen LogP contribution in [0.25, 0.3) is 0 Å². The quantitative estimate of drug-likeness (QED) is 0.729. The van der Waals surface area contributed by atoms with Gasteiger partial charge in [-0.2, -0.15) is 0 Å². The Morgan fingerprint density at radius 3 is 2.45 bits per heavy atom. The molecule has 0 atom stereocenters. The molecule has 0 aliphatic carbocycles. The molecule has 0 aromatic heterocycles. The largest absolute Gasteiger partial charge is 0.444 e. The molecular formula is C14H24N2O4. The molecule has 0 unspecified atom stereocenters. The van der Waals surface area contributed by atoms with Crippen molar-refractivity contribution in [1.82, 2.24) is 9.80 Å². The van der Waals surface area contributed by atoms with Gasteiger partial charge in [-0.3, -0.25) is 9.69 Å². The number of rotatable bonds is 4. The first kappa shape index (κ1) is 16.5. The second-order valence-corrected chi connectivity index (χ2v) is 5.64. The molecule has 1 fully saturated rings. The van der Waals surface area contributed by atoms with Gasteiger partial charge in [0.15, 0.2) is 0 Å². The molecule has 2 amide bonds. The van der Waals surface area contributed by atoms with Gasteiger partial charge in [-0.1, -0.05) is 6.08 Å². The Kier molecular flexibility index (Phi) is 6.01. The summed E-state index contributed by atoms with van der Waals surface area (Å²) < 4.78 is 10.5. The number of nitrogens with zero attached hydrogens (tertiary/aromatic N) is 2. The van der Waals surface area contributed by atoms with Crippen LogP contribution in [-0.4, -0.2) is 66.8 Å². The van der Waals surface area contributed by atoms with Crippen molar-refractivity contribution in [3.8, 4) is 0 Å². The zero-order chi connectivity index (χ0) is 15.2. The van der Waals surface area contributed by atoms with Gasteiger partial charge in [0, 0.05) is 19.6 Å². The van der Waals surface area contributed by atoms with Crippen molar-refractivity contribution >= 4 is 12.0 Å². The maximum atomic E-state index is 12.1. The third-order valence-corrected chi connectivity index (χ3v) is 2.69. The molecule has 1 heterocycles. The van der Waals surface area contributed by atoms with Gasteiger partial charge in [0.05, 0.1) is 13.2 Å². The summed E-state index contributed by atoms with van der Waals surface area (Å²) in [7, 11) is 0. The Balaban J connectivity index is 2.59. The molecule has 0 N–H and O–H groups in total. The first-order chi connectivity index (χ1) is 9.33. The fourth-order valence-corrected chi connectivity index (χ4v) is 1.76. The molecule has 1 aliphatic rings. The van der Waals surface area contributed by atoms with E-state index in [0.29, 0.717) is 26.3 Å². The minimum Gasteiger partial charge on any atom is -0.444 e. The van der Waals surface area contributed by atoms with Crippen molar-refractivity contribution < 1.29 is 19.1 Å². The summed E-state index contributed by atoms with van der Waals surface area (Å²) >= 11 is 0. The SMILES string of the molecule is C=CCN(CC(=O)N1CCOCC1)C(=O)OC(C)(C)C. The smallest absolute Gasteiger partial charge is 0.411 e. The van der Waals surface area contributed by atoms with Crippen LogP contribution in [0.2, 0.25) is 0 Å². The highest BCUT2D eigenvalue weighted by Gasteiger charge is 2.25. The van der Waals surface area contributed by atoms with E-state index in [1.807, 2.05) is 0 Å². The summed E-state index contributed by atoms with van der Waals surface area (Å²) in [6.45, 7) is 11.5. The molecule has 1 saturated heterocycles. The summed E-state index contributed by atoms with van der Waals surface area (Å²) in [5, 5.41) is 0. The van der Waals surface area contributed by atoms with E-state index in [2.05, 4.69) is 6.58 Å². The van der Waals surface area contributed by atoms with Gasteiger partial charge in [0.25, 0.3) is 0 Å². The highest BCUT2D eigenvalue weighted by Crippen LogP contribution is 2.10. The summed E-state index contributed by atoms with van der Waals surface area (Å²) in [4.78, 5) is 27.2. The lowest BCUT2D eigenvalue weighted by atomic mass is 10.2. The monoisotopic (exact) mass is 284 g/mol. The summed E-state index contributed by atoms with van der Waals surface area (Å²) in [6, 6.07) is 0. The third kappa shape index (κ3) is 5.61. The van der Waals surface area contributed by atoms with E-state index in [1.165, 1.54) is 4.90 Å². The fraction of sp³-hybridized carbons (Fsp3) is 0.714. The Bertz CT molecular complexity index is 357. The Labute approximate surface area is 120 Å². The molecule has 0 saturated carbocycles. The topological polar surface area (TPSA) is 59.1 Å². The van der Waals surface area contributed by atoms with Crippen LogP contribution >= 0.6 is 0 Å². The summed E-state index contributed by atoms with van der Waals surface area (Å²) in [5.41, 5.74) is -0.585. The molecule has 6 heteroatoms. The van der Waals surface area contributed by atoms with Crippen molar-refractivity contribution in [2.75, 3.05) is 39.4 Å². The van der Waals surface area contributed by atoms with Crippen LogP contribution in [0.3, 0.4) is 0 Å². The number of amides is 2. The summed E-state index contributed by atoms with van der Waals surface area (Å²) in [6.07, 6.45) is 1.08. The van der Waals surface area contributed by atoms with E-state index in [-0.39, 0.29) is 19.0 Å². The number of hydrogen-bond acceptors (Lipinski definition) is 4. The minimum absolute atomic E-state index is 0.000926. The van der Waals surface area contributed by atoms with Crippen LogP contribution in [0.1, 0.15) is 20.8 Å². The van der Waals surface area contributed by atoms with Gasteiger partial charge in [-0.05, 0) is 20.8 Å². The zero-order valence-electron chi connectivity index (χ0n) is 12.6. The van der Waals surface area contributed by atoms with Gasteiger partial charge in [-0.25, -0.2) is 4.79 Å². The van der Waals surface area contributed by atoms with Crippen molar-refractivity contribution in [2.45, 2.75) is 26.4 Å². The normalized spacial score (nSPS) is 15.7. The third-order valence-electron chi connectivity index (χ3n) is 2.69. The van der Waals surface area contributed by atoms with Gasteiger partial charge in [-0.15, -0.1) is 6.58 Å². The minimum atomic E-state index is -0.585. The molecule has 0 radical (unpaired) electrons. The van der Waals surface area contributed by atoms with Crippen LogP contribution in [0.4, 0.5) is 4.79 Å². The molecule has 0 bridgehead atoms. The molecule has 6 nitrogen and oxygen atoms in total. The van der Waals surface area contributed by atoms with E-state index >= 15 is 0 Å². The van der Waals surface area contributed by atoms with Gasteiger partial charge in [0.2, 0.25) is 5.91 Å². The van der Waals surface area contributed by atoms with Crippen molar-refractivity contribution in [3.63, 3.8) is 0 Å². The van der Waals surface area contributed by atoms with Crippen LogP contribution in [-0.2, 0) is 14.3 Å². The van der Waals surface area contributed by atoms with Crippen LogP contribution in [0, 0.1) is 0 Å². The zero-order valence-corrected chi connectivity index (χ0v) is 12.6. The predicted octanol–water partition coefficient (Wildman–Crippen LogP) is 1.27. The Morgan fingerprint density at radius 2 is 1.95 bits per heavy atom. The maximum absolute atomic E-state index is 12.1. The van der Waals surface area contributed by atoms with E-state index in [1.54, 1.807) is 31.7 Å². The first-order valence-electron chi connectivity index (χ1n) is 6.78. The van der Waals surface area contributed by atoms with Crippen LogP contribution in [0.5, 0.6) is 0 Å². The average Bonchev–Trinajstić information content (AvgIpc) is 2.37. The van der Waals surface area contributed by atoms with Gasteiger partial charge in [0.1, 0.15) is 12.1 Å². The van der Waals surface area contributed by atoms with Gasteiger partial charge >= 0.3 is 6.09 Å². The summed E-state index contributed by atoms with van der Waals surface area (Å²) in [5.74, 6) is -0.0963. The van der Waals surface area contributed by atoms with Crippen molar-refractivity contribution in [2.24, 2.45) is 0 Å². The lowest BCUT2D eigenvalue weighted by Crippen LogP contribution is -2.48. The van der Waals surface area contributed by atoms with Crippen LogP contribution < -0.4 is 0 Å². The number of morpholine rings is 1. The van der Waals surface area contributed by atoms with Crippen molar-refractivity contribution in [3.05, 3.63) is 12.7 Å². The maximum Gasteiger partial charge on any atom is 0.411 e. The molecule has 1 aliphatic heterocycles. The molecule has 0 aromatic rings. The molecule has 114 valence electrons. The lowest BCUT2D eigenvalue weighted by molar-refractivity contribution is -0.136. The molecule has 0 spiro atoms. The van der Waals surface area contributed by atoms with E-state index in [4.69, 9.17) is 9.47 Å². The van der Waals surface area contributed by atoms with Crippen LogP contribution in [0.15, 0.2) is 12.7 Å². The number of hydrogen-bond donors (Lipinski definition) is 0. The molecular weight excluding hydrogens is 260 g/mol. The second kappa shape index (κ2) is 7.28. The molecule has 0 aromatic carbocycles.